The van der Waals surface area contributed by atoms with Gasteiger partial charge in [0.15, 0.2) is 0 Å². The van der Waals surface area contributed by atoms with Crippen molar-refractivity contribution in [2.75, 3.05) is 5.32 Å². The molecule has 2 N–H and O–H groups in total. The Hall–Kier alpha value is -1.51. The van der Waals surface area contributed by atoms with Gasteiger partial charge in [-0.25, -0.2) is 4.79 Å². The molecular weight excluding hydrogens is 166 g/mol. The van der Waals surface area contributed by atoms with Crippen LogP contribution in [-0.2, 0) is 0 Å². The highest BCUT2D eigenvalue weighted by atomic mass is 16.4. The van der Waals surface area contributed by atoms with Crippen molar-refractivity contribution in [3.05, 3.63) is 29.8 Å². The first kappa shape index (κ1) is 9.58. The van der Waals surface area contributed by atoms with Gasteiger partial charge in [-0.05, 0) is 23.6 Å². The molecule has 0 aromatic heterocycles. The van der Waals surface area contributed by atoms with Crippen molar-refractivity contribution < 1.29 is 9.90 Å². The smallest absolute Gasteiger partial charge is 0.409 e. The highest BCUT2D eigenvalue weighted by Gasteiger charge is 2.00. The van der Waals surface area contributed by atoms with Gasteiger partial charge in [0.2, 0.25) is 0 Å². The van der Waals surface area contributed by atoms with E-state index in [0.29, 0.717) is 11.6 Å². The number of nitrogens with one attached hydrogen (secondary N) is 1. The van der Waals surface area contributed by atoms with Crippen LogP contribution < -0.4 is 5.32 Å². The summed E-state index contributed by atoms with van der Waals surface area (Å²) in [6, 6.07) is 7.39. The highest BCUT2D eigenvalue weighted by molar-refractivity contribution is 5.82. The third-order valence-corrected chi connectivity index (χ3v) is 1.83. The molecule has 0 aliphatic rings. The summed E-state index contributed by atoms with van der Waals surface area (Å²) < 4.78 is 0. The standard InChI is InChI=1S/C10H13NO2/c1-7(2)8-3-5-9(6-4-8)11-10(12)13/h3-7,11H,1-2H3,(H,12,13). The molecule has 0 fully saturated rings. The molecule has 1 rings (SSSR count). The minimum absolute atomic E-state index is 0.471. The van der Waals surface area contributed by atoms with Crippen LogP contribution >= 0.6 is 0 Å². The van der Waals surface area contributed by atoms with Crippen molar-refractivity contribution >= 4 is 11.8 Å². The van der Waals surface area contributed by atoms with Crippen LogP contribution in [0.1, 0.15) is 25.3 Å². The Morgan fingerprint density at radius 3 is 2.23 bits per heavy atom. The summed E-state index contributed by atoms with van der Waals surface area (Å²) in [6.07, 6.45) is -1.03. The molecule has 0 aliphatic heterocycles. The molecule has 0 bridgehead atoms. The molecule has 0 saturated carbocycles. The number of benzene rings is 1. The van der Waals surface area contributed by atoms with Crippen molar-refractivity contribution in [3.8, 4) is 0 Å². The van der Waals surface area contributed by atoms with E-state index in [9.17, 15) is 4.79 Å². The molecule has 1 amide bonds. The lowest BCUT2D eigenvalue weighted by Crippen LogP contribution is -2.06. The molecule has 1 aromatic carbocycles. The third-order valence-electron chi connectivity index (χ3n) is 1.83. The topological polar surface area (TPSA) is 49.3 Å². The second kappa shape index (κ2) is 3.94. The molecule has 0 saturated heterocycles. The summed E-state index contributed by atoms with van der Waals surface area (Å²) in [5, 5.41) is 10.7. The lowest BCUT2D eigenvalue weighted by molar-refractivity contribution is 0.210. The maximum Gasteiger partial charge on any atom is 0.409 e. The minimum Gasteiger partial charge on any atom is -0.465 e. The van der Waals surface area contributed by atoms with Crippen LogP contribution in [0.2, 0.25) is 0 Å². The Labute approximate surface area is 77.4 Å². The van der Waals surface area contributed by atoms with E-state index in [4.69, 9.17) is 5.11 Å². The Kier molecular flexibility index (Phi) is 2.90. The highest BCUT2D eigenvalue weighted by Crippen LogP contribution is 2.16. The zero-order valence-corrected chi connectivity index (χ0v) is 7.74. The molecule has 0 unspecified atom stereocenters. The molecule has 3 nitrogen and oxygen atoms in total. The number of anilines is 1. The van der Waals surface area contributed by atoms with Crippen molar-refractivity contribution in [2.45, 2.75) is 19.8 Å². The summed E-state index contributed by atoms with van der Waals surface area (Å²) >= 11 is 0. The van der Waals surface area contributed by atoms with Crippen LogP contribution in [-0.4, -0.2) is 11.2 Å². The van der Waals surface area contributed by atoms with Crippen LogP contribution in [0.4, 0.5) is 10.5 Å². The van der Waals surface area contributed by atoms with Crippen LogP contribution in [0.25, 0.3) is 0 Å². The Bertz CT molecular complexity index is 290. The molecule has 0 radical (unpaired) electrons. The zero-order valence-electron chi connectivity index (χ0n) is 7.74. The van der Waals surface area contributed by atoms with Gasteiger partial charge in [0, 0.05) is 5.69 Å². The van der Waals surface area contributed by atoms with Gasteiger partial charge in [-0.15, -0.1) is 0 Å². The first-order valence-corrected chi connectivity index (χ1v) is 4.19. The van der Waals surface area contributed by atoms with Gasteiger partial charge in [-0.1, -0.05) is 26.0 Å². The quantitative estimate of drug-likeness (QED) is 0.733. The predicted octanol–water partition coefficient (Wildman–Crippen LogP) is 2.90. The molecule has 0 aliphatic carbocycles. The summed E-state index contributed by atoms with van der Waals surface area (Å²) in [7, 11) is 0. The Balaban J connectivity index is 2.75. The van der Waals surface area contributed by atoms with Gasteiger partial charge in [-0.2, -0.15) is 0 Å². The number of hydrogen-bond acceptors (Lipinski definition) is 1. The van der Waals surface area contributed by atoms with Gasteiger partial charge in [-0.3, -0.25) is 5.32 Å². The number of carbonyl (C=O) groups is 1. The van der Waals surface area contributed by atoms with Gasteiger partial charge < -0.3 is 5.11 Å². The molecule has 1 aromatic rings. The second-order valence-corrected chi connectivity index (χ2v) is 3.21. The van der Waals surface area contributed by atoms with Gasteiger partial charge in [0.1, 0.15) is 0 Å². The Morgan fingerprint density at radius 2 is 1.85 bits per heavy atom. The fraction of sp³-hybridized carbons (Fsp3) is 0.300. The first-order chi connectivity index (χ1) is 6.09. The normalized spacial score (nSPS) is 10.1. The zero-order chi connectivity index (χ0) is 9.84. The van der Waals surface area contributed by atoms with E-state index in [1.165, 1.54) is 5.56 Å². The largest absolute Gasteiger partial charge is 0.465 e. The van der Waals surface area contributed by atoms with Crippen molar-refractivity contribution in [3.63, 3.8) is 0 Å². The maximum absolute atomic E-state index is 10.3. The molecule has 0 spiro atoms. The molecule has 70 valence electrons. The van der Waals surface area contributed by atoms with Gasteiger partial charge in [0.25, 0.3) is 0 Å². The lowest BCUT2D eigenvalue weighted by Gasteiger charge is -2.06. The molecular formula is C10H13NO2. The number of amides is 1. The van der Waals surface area contributed by atoms with Crippen molar-refractivity contribution in [1.29, 1.82) is 0 Å². The lowest BCUT2D eigenvalue weighted by atomic mass is 10.0. The van der Waals surface area contributed by atoms with Crippen LogP contribution in [0, 0.1) is 0 Å². The van der Waals surface area contributed by atoms with Crippen molar-refractivity contribution in [2.24, 2.45) is 0 Å². The molecule has 13 heavy (non-hydrogen) atoms. The van der Waals surface area contributed by atoms with Gasteiger partial charge in [0.05, 0.1) is 0 Å². The number of hydrogen-bond donors (Lipinski definition) is 2. The van der Waals surface area contributed by atoms with E-state index in [2.05, 4.69) is 19.2 Å². The molecule has 0 atom stereocenters. The minimum atomic E-state index is -1.03. The monoisotopic (exact) mass is 179 g/mol. The van der Waals surface area contributed by atoms with E-state index >= 15 is 0 Å². The third kappa shape index (κ3) is 2.78. The van der Waals surface area contributed by atoms with E-state index in [1.54, 1.807) is 12.1 Å². The number of carboxylic acid groups (broad SMARTS) is 1. The fourth-order valence-corrected chi connectivity index (χ4v) is 1.07. The van der Waals surface area contributed by atoms with E-state index in [1.807, 2.05) is 12.1 Å². The summed E-state index contributed by atoms with van der Waals surface area (Å²) in [4.78, 5) is 10.3. The van der Waals surface area contributed by atoms with E-state index in [0.717, 1.165) is 0 Å². The number of rotatable bonds is 2. The SMILES string of the molecule is CC(C)c1ccc(NC(=O)O)cc1. The van der Waals surface area contributed by atoms with E-state index < -0.39 is 6.09 Å². The average molecular weight is 179 g/mol. The predicted molar refractivity (Wildman–Crippen MR) is 52.2 cm³/mol. The van der Waals surface area contributed by atoms with Gasteiger partial charge >= 0.3 is 6.09 Å². The fourth-order valence-electron chi connectivity index (χ4n) is 1.07. The molecule has 0 heterocycles. The second-order valence-electron chi connectivity index (χ2n) is 3.21. The Morgan fingerprint density at radius 1 is 1.31 bits per heavy atom. The average Bonchev–Trinajstić information content (AvgIpc) is 2.04. The first-order valence-electron chi connectivity index (χ1n) is 4.19. The van der Waals surface area contributed by atoms with Crippen LogP contribution in [0.3, 0.4) is 0 Å². The summed E-state index contributed by atoms with van der Waals surface area (Å²) in [5.74, 6) is 0.471. The summed E-state index contributed by atoms with van der Waals surface area (Å²) in [6.45, 7) is 4.19. The van der Waals surface area contributed by atoms with Crippen molar-refractivity contribution in [1.82, 2.24) is 0 Å². The summed E-state index contributed by atoms with van der Waals surface area (Å²) in [5.41, 5.74) is 1.81. The van der Waals surface area contributed by atoms with E-state index in [-0.39, 0.29) is 0 Å². The molecule has 3 heteroatoms. The maximum atomic E-state index is 10.3. The van der Waals surface area contributed by atoms with Crippen LogP contribution in [0.5, 0.6) is 0 Å². The van der Waals surface area contributed by atoms with Crippen LogP contribution in [0.15, 0.2) is 24.3 Å².